The van der Waals surface area contributed by atoms with Gasteiger partial charge in [0.05, 0.1) is 26.3 Å². The average Bonchev–Trinajstić information content (AvgIpc) is 2.90. The largest absolute Gasteiger partial charge is 0.497 e. The zero-order chi connectivity index (χ0) is 17.1. The lowest BCUT2D eigenvalue weighted by Gasteiger charge is -2.20. The molecule has 1 aliphatic heterocycles. The number of rotatable bonds is 5. The molecule has 0 bridgehead atoms. The first-order valence-corrected chi connectivity index (χ1v) is 7.97. The number of methoxy groups -OCH3 is 1. The van der Waals surface area contributed by atoms with E-state index in [4.69, 9.17) is 4.74 Å². The van der Waals surface area contributed by atoms with Gasteiger partial charge in [-0.2, -0.15) is 0 Å². The molecule has 1 N–H and O–H groups in total. The van der Waals surface area contributed by atoms with Crippen molar-refractivity contribution in [3.05, 3.63) is 60.2 Å². The lowest BCUT2D eigenvalue weighted by molar-refractivity contribution is -0.908. The van der Waals surface area contributed by atoms with E-state index in [-0.39, 0.29) is 24.3 Å². The summed E-state index contributed by atoms with van der Waals surface area (Å²) in [5.74, 6) is 0.405. The minimum absolute atomic E-state index is 0.140. The molecule has 1 heterocycles. The topological polar surface area (TPSA) is 51.0 Å². The predicted molar refractivity (Wildman–Crippen MR) is 90.9 cm³/mol. The third kappa shape index (κ3) is 3.16. The van der Waals surface area contributed by atoms with Gasteiger partial charge >= 0.3 is 0 Å². The van der Waals surface area contributed by atoms with Crippen molar-refractivity contribution >= 4 is 17.5 Å². The van der Waals surface area contributed by atoms with Crippen LogP contribution in [0, 0.1) is 0 Å². The molecule has 0 aliphatic carbocycles. The van der Waals surface area contributed by atoms with Gasteiger partial charge in [0.25, 0.3) is 5.91 Å². The van der Waals surface area contributed by atoms with Crippen LogP contribution in [0.4, 0.5) is 5.69 Å². The number of carbonyl (C=O) groups is 2. The molecule has 1 saturated heterocycles. The van der Waals surface area contributed by atoms with Crippen LogP contribution in [0.3, 0.4) is 0 Å². The Morgan fingerprint density at radius 2 is 1.75 bits per heavy atom. The highest BCUT2D eigenvalue weighted by atomic mass is 16.5. The highest BCUT2D eigenvalue weighted by Crippen LogP contribution is 2.24. The quantitative estimate of drug-likeness (QED) is 0.836. The summed E-state index contributed by atoms with van der Waals surface area (Å²) in [4.78, 5) is 27.4. The van der Waals surface area contributed by atoms with E-state index < -0.39 is 0 Å². The molecule has 5 nitrogen and oxygen atoms in total. The number of nitrogens with zero attached hydrogens (tertiary/aromatic N) is 1. The van der Waals surface area contributed by atoms with Crippen LogP contribution < -0.4 is 14.5 Å². The van der Waals surface area contributed by atoms with Crippen LogP contribution in [0.25, 0.3) is 0 Å². The predicted octanol–water partition coefficient (Wildman–Crippen LogP) is 1.04. The van der Waals surface area contributed by atoms with Crippen molar-refractivity contribution in [2.24, 2.45) is 0 Å². The zero-order valence-corrected chi connectivity index (χ0v) is 13.9. The summed E-state index contributed by atoms with van der Waals surface area (Å²) in [7, 11) is 3.54. The number of quaternary nitrogens is 1. The maximum Gasteiger partial charge on any atom is 0.292 e. The maximum absolute atomic E-state index is 12.8. The van der Waals surface area contributed by atoms with Crippen LogP contribution in [0.2, 0.25) is 0 Å². The molecule has 0 radical (unpaired) electrons. The number of anilines is 1. The molecule has 24 heavy (non-hydrogen) atoms. The molecular formula is C19H21N2O3+. The van der Waals surface area contributed by atoms with Gasteiger partial charge in [-0.25, -0.2) is 4.90 Å². The number of ether oxygens (including phenoxy) is 1. The van der Waals surface area contributed by atoms with E-state index in [0.29, 0.717) is 18.0 Å². The monoisotopic (exact) mass is 325 g/mol. The lowest BCUT2D eigenvalue weighted by atomic mass is 10.1. The van der Waals surface area contributed by atoms with Gasteiger partial charge < -0.3 is 9.64 Å². The summed E-state index contributed by atoms with van der Waals surface area (Å²) >= 11 is 0. The van der Waals surface area contributed by atoms with Gasteiger partial charge in [0.15, 0.2) is 6.04 Å². The van der Waals surface area contributed by atoms with Gasteiger partial charge in [-0.05, 0) is 24.3 Å². The molecule has 1 fully saturated rings. The van der Waals surface area contributed by atoms with E-state index in [1.807, 2.05) is 37.4 Å². The fourth-order valence-corrected chi connectivity index (χ4v) is 3.06. The van der Waals surface area contributed by atoms with Crippen LogP contribution in [-0.2, 0) is 16.1 Å². The number of carbonyl (C=O) groups excluding carboxylic acids is 2. The van der Waals surface area contributed by atoms with Gasteiger partial charge in [-0.15, -0.1) is 0 Å². The minimum atomic E-state index is -0.347. The maximum atomic E-state index is 12.8. The first-order valence-electron chi connectivity index (χ1n) is 7.97. The molecule has 2 aromatic rings. The Labute approximate surface area is 141 Å². The summed E-state index contributed by atoms with van der Waals surface area (Å²) in [5.41, 5.74) is 1.75. The Bertz CT molecular complexity index is 728. The normalized spacial score (nSPS) is 18.8. The van der Waals surface area contributed by atoms with Gasteiger partial charge in [0, 0.05) is 5.56 Å². The van der Waals surface area contributed by atoms with Crippen molar-refractivity contribution in [3.63, 3.8) is 0 Å². The summed E-state index contributed by atoms with van der Waals surface area (Å²) in [6, 6.07) is 16.6. The fraction of sp³-hybridized carbons (Fsp3) is 0.263. The number of hydrogen-bond donors (Lipinski definition) is 1. The summed E-state index contributed by atoms with van der Waals surface area (Å²) < 4.78 is 5.12. The minimum Gasteiger partial charge on any atom is -0.497 e. The molecule has 0 aromatic heterocycles. The second kappa shape index (κ2) is 6.84. The molecular weight excluding hydrogens is 304 g/mol. The van der Waals surface area contributed by atoms with Crippen LogP contribution >= 0.6 is 0 Å². The third-order valence-electron chi connectivity index (χ3n) is 4.40. The number of imide groups is 1. The molecule has 0 spiro atoms. The number of amides is 2. The Hall–Kier alpha value is -2.66. The van der Waals surface area contributed by atoms with Crippen molar-refractivity contribution in [3.8, 4) is 5.75 Å². The lowest BCUT2D eigenvalue weighted by Crippen LogP contribution is -3.12. The molecule has 2 amide bonds. The summed E-state index contributed by atoms with van der Waals surface area (Å²) in [5, 5.41) is 0. The van der Waals surface area contributed by atoms with E-state index in [9.17, 15) is 9.59 Å². The number of hydrogen-bond acceptors (Lipinski definition) is 3. The molecule has 2 aromatic carbocycles. The standard InChI is InChI=1S/C19H20N2O3/c1-20(13-14-6-4-3-5-7-14)17-12-18(22)21(19(17)23)15-8-10-16(24-2)11-9-15/h3-11,17H,12-13H2,1-2H3/p+1/t17-/m0/s1. The second-order valence-electron chi connectivity index (χ2n) is 6.03. The van der Waals surface area contributed by atoms with Crippen molar-refractivity contribution in [2.45, 2.75) is 19.0 Å². The highest BCUT2D eigenvalue weighted by Gasteiger charge is 2.44. The zero-order valence-electron chi connectivity index (χ0n) is 13.9. The summed E-state index contributed by atoms with van der Waals surface area (Å²) in [6.07, 6.45) is 0.240. The molecule has 5 heteroatoms. The molecule has 1 aliphatic rings. The van der Waals surface area contributed by atoms with E-state index in [1.54, 1.807) is 31.4 Å². The Morgan fingerprint density at radius 1 is 1.08 bits per heavy atom. The first-order chi connectivity index (χ1) is 11.6. The van der Waals surface area contributed by atoms with Crippen LogP contribution in [0.15, 0.2) is 54.6 Å². The van der Waals surface area contributed by atoms with Gasteiger partial charge in [0.2, 0.25) is 5.91 Å². The summed E-state index contributed by atoms with van der Waals surface area (Å²) in [6.45, 7) is 0.709. The molecule has 1 unspecified atom stereocenters. The van der Waals surface area contributed by atoms with Crippen LogP contribution in [-0.4, -0.2) is 32.0 Å². The highest BCUT2D eigenvalue weighted by molar-refractivity contribution is 6.21. The van der Waals surface area contributed by atoms with Gasteiger partial charge in [-0.3, -0.25) is 9.59 Å². The molecule has 3 rings (SSSR count). The van der Waals surface area contributed by atoms with Crippen molar-refractivity contribution in [1.82, 2.24) is 0 Å². The van der Waals surface area contributed by atoms with Crippen LogP contribution in [0.1, 0.15) is 12.0 Å². The van der Waals surface area contributed by atoms with Gasteiger partial charge in [0.1, 0.15) is 12.3 Å². The van der Waals surface area contributed by atoms with Crippen molar-refractivity contribution in [2.75, 3.05) is 19.1 Å². The van der Waals surface area contributed by atoms with E-state index >= 15 is 0 Å². The van der Waals surface area contributed by atoms with Crippen molar-refractivity contribution in [1.29, 1.82) is 0 Å². The number of nitrogens with one attached hydrogen (secondary N) is 1. The fourth-order valence-electron chi connectivity index (χ4n) is 3.06. The number of likely N-dealkylation sites (N-methyl/N-ethyl adjacent to an activating group) is 1. The molecule has 0 saturated carbocycles. The smallest absolute Gasteiger partial charge is 0.292 e. The molecule has 2 atom stereocenters. The number of benzene rings is 2. The first kappa shape index (κ1) is 16.2. The van der Waals surface area contributed by atoms with E-state index in [0.717, 1.165) is 10.5 Å². The van der Waals surface area contributed by atoms with Gasteiger partial charge in [-0.1, -0.05) is 30.3 Å². The van der Waals surface area contributed by atoms with E-state index in [2.05, 4.69) is 0 Å². The Morgan fingerprint density at radius 3 is 2.38 bits per heavy atom. The Balaban J connectivity index is 1.75. The SMILES string of the molecule is COc1ccc(N2C(=O)C[C@H]([NH+](C)Cc3ccccc3)C2=O)cc1. The Kier molecular flexibility index (Phi) is 4.62. The second-order valence-corrected chi connectivity index (χ2v) is 6.03. The van der Waals surface area contributed by atoms with E-state index in [1.165, 1.54) is 4.90 Å². The van der Waals surface area contributed by atoms with Crippen LogP contribution in [0.5, 0.6) is 5.75 Å². The average molecular weight is 325 g/mol. The third-order valence-corrected chi connectivity index (χ3v) is 4.40. The molecule has 124 valence electrons. The van der Waals surface area contributed by atoms with Crippen molar-refractivity contribution < 1.29 is 19.2 Å².